The molecule has 0 fully saturated rings. The number of hydrogen-bond donors (Lipinski definition) is 1. The Labute approximate surface area is 195 Å². The molecule has 0 saturated heterocycles. The van der Waals surface area contributed by atoms with E-state index in [0.29, 0.717) is 48.0 Å². The Balaban J connectivity index is 1.94. The molecular formula is C26H32N2O5. The number of benzene rings is 2. The van der Waals surface area contributed by atoms with Crippen LogP contribution in [0.5, 0.6) is 11.5 Å². The van der Waals surface area contributed by atoms with Crippen LogP contribution in [0.25, 0.3) is 5.57 Å². The maximum absolute atomic E-state index is 13.3. The van der Waals surface area contributed by atoms with Crippen molar-refractivity contribution in [3.63, 3.8) is 0 Å². The lowest BCUT2D eigenvalue weighted by molar-refractivity contribution is -0.137. The molecule has 0 bridgehead atoms. The Kier molecular flexibility index (Phi) is 8.49. The van der Waals surface area contributed by atoms with Crippen LogP contribution in [0.15, 0.2) is 54.2 Å². The van der Waals surface area contributed by atoms with Crippen molar-refractivity contribution < 1.29 is 23.8 Å². The van der Waals surface area contributed by atoms with E-state index in [1.54, 1.807) is 19.2 Å². The third-order valence-corrected chi connectivity index (χ3v) is 4.99. The van der Waals surface area contributed by atoms with Crippen molar-refractivity contribution in [2.45, 2.75) is 39.7 Å². The molecule has 2 aromatic carbocycles. The van der Waals surface area contributed by atoms with Gasteiger partial charge in [-0.2, -0.15) is 0 Å². The van der Waals surface area contributed by atoms with Gasteiger partial charge in [-0.05, 0) is 56.5 Å². The third kappa shape index (κ3) is 6.14. The van der Waals surface area contributed by atoms with Crippen molar-refractivity contribution in [3.8, 4) is 11.5 Å². The fraction of sp³-hybridized carbons (Fsp3) is 0.385. The summed E-state index contributed by atoms with van der Waals surface area (Å²) in [6.45, 7) is 7.30. The van der Waals surface area contributed by atoms with Crippen LogP contribution in [0.4, 0.5) is 5.69 Å². The second-order valence-corrected chi connectivity index (χ2v) is 8.05. The number of anilines is 1. The normalized spacial score (nSPS) is 13.8. The van der Waals surface area contributed by atoms with Crippen LogP contribution in [0, 0.1) is 0 Å². The molecule has 0 aromatic heterocycles. The van der Waals surface area contributed by atoms with Gasteiger partial charge in [-0.3, -0.25) is 14.5 Å². The second-order valence-electron chi connectivity index (χ2n) is 8.05. The SMILES string of the molecule is CCCOc1cccc(NC2=C(c3ccc(OC(C)C)cc3)C(=O)N(CCCOC)C2=O)c1. The molecule has 2 amide bonds. The molecule has 3 rings (SSSR count). The van der Waals surface area contributed by atoms with Gasteiger partial charge >= 0.3 is 0 Å². The Bertz CT molecular complexity index is 998. The van der Waals surface area contributed by atoms with Gasteiger partial charge in [0.2, 0.25) is 0 Å². The van der Waals surface area contributed by atoms with Crippen molar-refractivity contribution in [2.24, 2.45) is 0 Å². The van der Waals surface area contributed by atoms with Gasteiger partial charge in [-0.25, -0.2) is 0 Å². The Morgan fingerprint density at radius 1 is 0.970 bits per heavy atom. The number of hydrogen-bond acceptors (Lipinski definition) is 6. The standard InChI is InChI=1S/C26H32N2O5/c1-5-15-32-22-9-6-8-20(17-22)27-24-23(19-10-12-21(13-11-19)33-18(2)3)25(29)28(26(24)30)14-7-16-31-4/h6,8-13,17-18,27H,5,7,14-16H2,1-4H3. The summed E-state index contributed by atoms with van der Waals surface area (Å²) in [4.78, 5) is 27.8. The number of imide groups is 1. The number of amides is 2. The maximum Gasteiger partial charge on any atom is 0.278 e. The number of nitrogens with zero attached hydrogens (tertiary/aromatic N) is 1. The molecule has 1 N–H and O–H groups in total. The first-order valence-corrected chi connectivity index (χ1v) is 11.3. The van der Waals surface area contributed by atoms with E-state index in [1.807, 2.05) is 57.2 Å². The topological polar surface area (TPSA) is 77.1 Å². The minimum absolute atomic E-state index is 0.0421. The molecule has 1 aliphatic rings. The summed E-state index contributed by atoms with van der Waals surface area (Å²) in [5.41, 5.74) is 1.92. The Morgan fingerprint density at radius 2 is 1.73 bits per heavy atom. The van der Waals surface area contributed by atoms with Crippen molar-refractivity contribution >= 4 is 23.1 Å². The minimum atomic E-state index is -0.353. The number of nitrogens with one attached hydrogen (secondary N) is 1. The summed E-state index contributed by atoms with van der Waals surface area (Å²) in [5.74, 6) is 0.731. The molecule has 33 heavy (non-hydrogen) atoms. The van der Waals surface area contributed by atoms with Crippen LogP contribution in [0.3, 0.4) is 0 Å². The van der Waals surface area contributed by atoms with Gasteiger partial charge in [0, 0.05) is 32.0 Å². The third-order valence-electron chi connectivity index (χ3n) is 4.99. The summed E-state index contributed by atoms with van der Waals surface area (Å²) in [7, 11) is 1.60. The van der Waals surface area contributed by atoms with Gasteiger partial charge in [0.1, 0.15) is 17.2 Å². The van der Waals surface area contributed by atoms with Gasteiger partial charge in [-0.1, -0.05) is 25.1 Å². The molecule has 1 aliphatic heterocycles. The van der Waals surface area contributed by atoms with Gasteiger partial charge in [0.25, 0.3) is 11.8 Å². The quantitative estimate of drug-likeness (QED) is 0.378. The number of rotatable bonds is 12. The van der Waals surface area contributed by atoms with E-state index in [1.165, 1.54) is 4.90 Å². The lowest BCUT2D eigenvalue weighted by Gasteiger charge is -2.15. The Hall–Kier alpha value is -3.32. The first kappa shape index (κ1) is 24.3. The molecule has 7 nitrogen and oxygen atoms in total. The zero-order valence-corrected chi connectivity index (χ0v) is 19.7. The smallest absolute Gasteiger partial charge is 0.278 e. The van der Waals surface area contributed by atoms with Crippen molar-refractivity contribution in [3.05, 3.63) is 59.8 Å². The zero-order chi connectivity index (χ0) is 23.8. The van der Waals surface area contributed by atoms with Gasteiger partial charge < -0.3 is 19.5 Å². The maximum atomic E-state index is 13.3. The first-order valence-electron chi connectivity index (χ1n) is 11.3. The van der Waals surface area contributed by atoms with E-state index >= 15 is 0 Å². The van der Waals surface area contributed by atoms with Crippen LogP contribution < -0.4 is 14.8 Å². The van der Waals surface area contributed by atoms with Crippen LogP contribution in [0.1, 0.15) is 39.2 Å². The number of carbonyl (C=O) groups is 2. The van der Waals surface area contributed by atoms with Crippen LogP contribution >= 0.6 is 0 Å². The highest BCUT2D eigenvalue weighted by Crippen LogP contribution is 2.32. The lowest BCUT2D eigenvalue weighted by atomic mass is 10.0. The van der Waals surface area contributed by atoms with Gasteiger partial charge in [-0.15, -0.1) is 0 Å². The molecule has 0 radical (unpaired) electrons. The predicted molar refractivity (Wildman–Crippen MR) is 128 cm³/mol. The molecule has 2 aromatic rings. The van der Waals surface area contributed by atoms with Crippen molar-refractivity contribution in [2.75, 3.05) is 32.2 Å². The average Bonchev–Trinajstić information content (AvgIpc) is 3.02. The van der Waals surface area contributed by atoms with E-state index in [-0.39, 0.29) is 30.2 Å². The summed E-state index contributed by atoms with van der Waals surface area (Å²) in [6, 6.07) is 14.6. The van der Waals surface area contributed by atoms with Crippen molar-refractivity contribution in [1.29, 1.82) is 0 Å². The van der Waals surface area contributed by atoms with Gasteiger partial charge in [0.05, 0.1) is 18.3 Å². The first-order chi connectivity index (χ1) is 15.9. The summed E-state index contributed by atoms with van der Waals surface area (Å²) in [6.07, 6.45) is 1.50. The molecule has 0 aliphatic carbocycles. The van der Waals surface area contributed by atoms with E-state index in [9.17, 15) is 9.59 Å². The molecule has 0 saturated carbocycles. The van der Waals surface area contributed by atoms with E-state index in [4.69, 9.17) is 14.2 Å². The Morgan fingerprint density at radius 3 is 2.39 bits per heavy atom. The summed E-state index contributed by atoms with van der Waals surface area (Å²) < 4.78 is 16.5. The average molecular weight is 453 g/mol. The fourth-order valence-electron chi connectivity index (χ4n) is 3.53. The van der Waals surface area contributed by atoms with Crippen LogP contribution in [-0.2, 0) is 14.3 Å². The minimum Gasteiger partial charge on any atom is -0.494 e. The number of carbonyl (C=O) groups excluding carboxylic acids is 2. The lowest BCUT2D eigenvalue weighted by Crippen LogP contribution is -2.33. The monoisotopic (exact) mass is 452 g/mol. The van der Waals surface area contributed by atoms with E-state index < -0.39 is 0 Å². The molecule has 1 heterocycles. The highest BCUT2D eigenvalue weighted by molar-refractivity contribution is 6.36. The summed E-state index contributed by atoms with van der Waals surface area (Å²) >= 11 is 0. The van der Waals surface area contributed by atoms with Gasteiger partial charge in [0.15, 0.2) is 0 Å². The molecule has 0 atom stereocenters. The molecule has 0 unspecified atom stereocenters. The largest absolute Gasteiger partial charge is 0.494 e. The number of ether oxygens (including phenoxy) is 3. The van der Waals surface area contributed by atoms with E-state index in [2.05, 4.69) is 5.32 Å². The molecule has 176 valence electrons. The van der Waals surface area contributed by atoms with Crippen LogP contribution in [-0.4, -0.2) is 49.7 Å². The number of methoxy groups -OCH3 is 1. The zero-order valence-electron chi connectivity index (χ0n) is 19.7. The summed E-state index contributed by atoms with van der Waals surface area (Å²) in [5, 5.41) is 3.18. The fourth-order valence-corrected chi connectivity index (χ4v) is 3.53. The second kappa shape index (κ2) is 11.5. The molecule has 0 spiro atoms. The molecular weight excluding hydrogens is 420 g/mol. The highest BCUT2D eigenvalue weighted by atomic mass is 16.5. The van der Waals surface area contributed by atoms with Crippen LogP contribution in [0.2, 0.25) is 0 Å². The predicted octanol–water partition coefficient (Wildman–Crippen LogP) is 4.49. The molecule has 7 heteroatoms. The van der Waals surface area contributed by atoms with Crippen molar-refractivity contribution in [1.82, 2.24) is 4.90 Å². The highest BCUT2D eigenvalue weighted by Gasteiger charge is 2.38. The van der Waals surface area contributed by atoms with E-state index in [0.717, 1.165) is 6.42 Å².